The molecule has 0 spiro atoms. The lowest BCUT2D eigenvalue weighted by Crippen LogP contribution is -1.92. The molecule has 0 aliphatic rings. The highest BCUT2D eigenvalue weighted by Crippen LogP contribution is 2.35. The normalized spacial score (nSPS) is 12.7. The van der Waals surface area contributed by atoms with E-state index < -0.39 is 0 Å². The van der Waals surface area contributed by atoms with Crippen molar-refractivity contribution in [1.82, 2.24) is 0 Å². The van der Waals surface area contributed by atoms with Crippen LogP contribution >= 0.6 is 46.1 Å². The number of hydrogen-bond acceptors (Lipinski definition) is 1. The van der Waals surface area contributed by atoms with E-state index in [9.17, 15) is 0 Å². The maximum atomic E-state index is 6.31. The molecule has 4 heteroatoms. The van der Waals surface area contributed by atoms with E-state index >= 15 is 0 Å². The average molecular weight is 278 g/mol. The molecule has 0 saturated heterocycles. The summed E-state index contributed by atoms with van der Waals surface area (Å²) in [5.74, 6) is 0. The van der Waals surface area contributed by atoms with Gasteiger partial charge >= 0.3 is 0 Å². The zero-order chi connectivity index (χ0) is 10.8. The van der Waals surface area contributed by atoms with Crippen molar-refractivity contribution in [3.63, 3.8) is 0 Å². The number of benzene rings is 1. The van der Waals surface area contributed by atoms with Gasteiger partial charge in [0, 0.05) is 10.0 Å². The van der Waals surface area contributed by atoms with Crippen molar-refractivity contribution in [3.05, 3.63) is 56.2 Å². The van der Waals surface area contributed by atoms with Crippen LogP contribution in [0.25, 0.3) is 0 Å². The average Bonchev–Trinajstić information content (AvgIpc) is 2.74. The van der Waals surface area contributed by atoms with E-state index in [0.717, 1.165) is 11.1 Å². The molecule has 0 radical (unpaired) electrons. The maximum absolute atomic E-state index is 6.31. The highest BCUT2D eigenvalue weighted by Gasteiger charge is 2.14. The summed E-state index contributed by atoms with van der Waals surface area (Å²) in [6, 6.07) is 7.31. The number of thiophene rings is 1. The standard InChI is InChI=1S/C11H7Cl3S/c12-8-1-2-10(13)9(5-8)11(14)7-3-4-15-6-7/h1-6,11H. The minimum absolute atomic E-state index is 0.234. The largest absolute Gasteiger partial charge is 0.152 e. The molecular weight excluding hydrogens is 271 g/mol. The van der Waals surface area contributed by atoms with Crippen molar-refractivity contribution < 1.29 is 0 Å². The second kappa shape index (κ2) is 4.75. The Kier molecular flexibility index (Phi) is 3.57. The van der Waals surface area contributed by atoms with E-state index in [1.54, 1.807) is 29.5 Å². The van der Waals surface area contributed by atoms with Gasteiger partial charge in [-0.1, -0.05) is 23.2 Å². The Hall–Kier alpha value is -0.210. The monoisotopic (exact) mass is 276 g/mol. The summed E-state index contributed by atoms with van der Waals surface area (Å²) < 4.78 is 0. The molecule has 1 heterocycles. The van der Waals surface area contributed by atoms with Crippen molar-refractivity contribution in [2.45, 2.75) is 5.38 Å². The van der Waals surface area contributed by atoms with Crippen molar-refractivity contribution >= 4 is 46.1 Å². The Balaban J connectivity index is 2.41. The van der Waals surface area contributed by atoms with Crippen LogP contribution in [0.15, 0.2) is 35.0 Å². The van der Waals surface area contributed by atoms with Crippen LogP contribution in [-0.4, -0.2) is 0 Å². The van der Waals surface area contributed by atoms with Crippen LogP contribution in [-0.2, 0) is 0 Å². The van der Waals surface area contributed by atoms with Gasteiger partial charge < -0.3 is 0 Å². The van der Waals surface area contributed by atoms with Crippen LogP contribution in [0, 0.1) is 0 Å². The lowest BCUT2D eigenvalue weighted by Gasteiger charge is -2.10. The summed E-state index contributed by atoms with van der Waals surface area (Å²) in [4.78, 5) is 0. The van der Waals surface area contributed by atoms with E-state index in [2.05, 4.69) is 0 Å². The molecule has 78 valence electrons. The third-order valence-electron chi connectivity index (χ3n) is 2.07. The number of rotatable bonds is 2. The third-order valence-corrected chi connectivity index (χ3v) is 3.83. The summed E-state index contributed by atoms with van der Waals surface area (Å²) in [6.45, 7) is 0. The molecule has 0 N–H and O–H groups in total. The molecule has 0 amide bonds. The molecule has 2 aromatic rings. The maximum Gasteiger partial charge on any atom is 0.0858 e. The van der Waals surface area contributed by atoms with Crippen molar-refractivity contribution in [2.75, 3.05) is 0 Å². The number of halogens is 3. The fourth-order valence-electron chi connectivity index (χ4n) is 1.31. The lowest BCUT2D eigenvalue weighted by molar-refractivity contribution is 1.16. The summed E-state index contributed by atoms with van der Waals surface area (Å²) in [5, 5.41) is 5.06. The van der Waals surface area contributed by atoms with Crippen molar-refractivity contribution in [2.24, 2.45) is 0 Å². The Morgan fingerprint density at radius 3 is 2.60 bits per heavy atom. The topological polar surface area (TPSA) is 0 Å². The highest BCUT2D eigenvalue weighted by atomic mass is 35.5. The molecule has 1 unspecified atom stereocenters. The fraction of sp³-hybridized carbons (Fsp3) is 0.0909. The van der Waals surface area contributed by atoms with Gasteiger partial charge in [0.15, 0.2) is 0 Å². The molecule has 0 bridgehead atoms. The van der Waals surface area contributed by atoms with Crippen molar-refractivity contribution in [1.29, 1.82) is 0 Å². The fourth-order valence-corrected chi connectivity index (χ4v) is 2.85. The molecule has 0 fully saturated rings. The molecule has 1 atom stereocenters. The molecule has 1 aromatic carbocycles. The Labute approximate surface area is 107 Å². The molecule has 15 heavy (non-hydrogen) atoms. The van der Waals surface area contributed by atoms with E-state index in [1.807, 2.05) is 16.8 Å². The first-order valence-electron chi connectivity index (χ1n) is 4.29. The number of alkyl halides is 1. The summed E-state index contributed by atoms with van der Waals surface area (Å²) >= 11 is 19.9. The zero-order valence-corrected chi connectivity index (χ0v) is 10.7. The van der Waals surface area contributed by atoms with Crippen LogP contribution in [0.3, 0.4) is 0 Å². The second-order valence-corrected chi connectivity index (χ2v) is 5.15. The van der Waals surface area contributed by atoms with Gasteiger partial charge in [-0.15, -0.1) is 11.6 Å². The van der Waals surface area contributed by atoms with E-state index in [4.69, 9.17) is 34.8 Å². The lowest BCUT2D eigenvalue weighted by atomic mass is 10.1. The number of hydrogen-bond donors (Lipinski definition) is 0. The Morgan fingerprint density at radius 1 is 1.13 bits per heavy atom. The predicted molar refractivity (Wildman–Crippen MR) is 68.5 cm³/mol. The van der Waals surface area contributed by atoms with Gasteiger partial charge in [-0.3, -0.25) is 0 Å². The van der Waals surface area contributed by atoms with E-state index in [1.165, 1.54) is 0 Å². The minimum atomic E-state index is -0.234. The smallest absolute Gasteiger partial charge is 0.0858 e. The second-order valence-electron chi connectivity index (χ2n) is 3.09. The van der Waals surface area contributed by atoms with E-state index in [-0.39, 0.29) is 5.38 Å². The summed E-state index contributed by atoms with van der Waals surface area (Å²) in [7, 11) is 0. The SMILES string of the molecule is Clc1ccc(Cl)c(C(Cl)c2ccsc2)c1. The highest BCUT2D eigenvalue weighted by molar-refractivity contribution is 7.08. The van der Waals surface area contributed by atoms with Crippen LogP contribution in [0.1, 0.15) is 16.5 Å². The quantitative estimate of drug-likeness (QED) is 0.646. The first-order chi connectivity index (χ1) is 7.18. The van der Waals surface area contributed by atoms with Gasteiger partial charge in [-0.25, -0.2) is 0 Å². The molecule has 0 saturated carbocycles. The van der Waals surface area contributed by atoms with Gasteiger partial charge in [0.2, 0.25) is 0 Å². The first kappa shape index (κ1) is 11.3. The molecule has 0 aliphatic carbocycles. The van der Waals surface area contributed by atoms with Gasteiger partial charge in [0.05, 0.1) is 5.38 Å². The van der Waals surface area contributed by atoms with Gasteiger partial charge in [0.25, 0.3) is 0 Å². The molecule has 2 rings (SSSR count). The van der Waals surface area contributed by atoms with Gasteiger partial charge in [0.1, 0.15) is 0 Å². The Morgan fingerprint density at radius 2 is 1.93 bits per heavy atom. The molecule has 0 aliphatic heterocycles. The summed E-state index contributed by atoms with van der Waals surface area (Å²) in [6.07, 6.45) is 0. The predicted octanol–water partition coefficient (Wildman–Crippen LogP) is 5.38. The van der Waals surface area contributed by atoms with Crippen molar-refractivity contribution in [3.8, 4) is 0 Å². The van der Waals surface area contributed by atoms with Crippen LogP contribution < -0.4 is 0 Å². The first-order valence-corrected chi connectivity index (χ1v) is 6.43. The third kappa shape index (κ3) is 2.48. The van der Waals surface area contributed by atoms with E-state index in [0.29, 0.717) is 10.0 Å². The Bertz CT molecular complexity index is 451. The minimum Gasteiger partial charge on any atom is -0.152 e. The zero-order valence-electron chi connectivity index (χ0n) is 7.58. The van der Waals surface area contributed by atoms with Gasteiger partial charge in [-0.05, 0) is 46.2 Å². The van der Waals surface area contributed by atoms with Crippen LogP contribution in [0.4, 0.5) is 0 Å². The van der Waals surface area contributed by atoms with Crippen LogP contribution in [0.2, 0.25) is 10.0 Å². The van der Waals surface area contributed by atoms with Crippen LogP contribution in [0.5, 0.6) is 0 Å². The van der Waals surface area contributed by atoms with Gasteiger partial charge in [-0.2, -0.15) is 11.3 Å². The molecule has 1 aromatic heterocycles. The molecule has 0 nitrogen and oxygen atoms in total. The molecular formula is C11H7Cl3S. The summed E-state index contributed by atoms with van der Waals surface area (Å²) in [5.41, 5.74) is 1.90.